The third-order valence-electron chi connectivity index (χ3n) is 8.54. The van der Waals surface area contributed by atoms with Crippen LogP contribution in [0.15, 0.2) is 164 Å². The molecule has 1 unspecified atom stereocenters. The van der Waals surface area contributed by atoms with E-state index in [1.807, 2.05) is 0 Å². The molecule has 0 saturated carbocycles. The highest BCUT2D eigenvalue weighted by atomic mass is 16.6. The highest BCUT2D eigenvalue weighted by Crippen LogP contribution is 2.30. The Balaban J connectivity index is 1.09. The van der Waals surface area contributed by atoms with Gasteiger partial charge in [-0.2, -0.15) is 0 Å². The van der Waals surface area contributed by atoms with Crippen molar-refractivity contribution in [2.45, 2.75) is 12.5 Å². The van der Waals surface area contributed by atoms with E-state index in [2.05, 4.69) is 176 Å². The highest BCUT2D eigenvalue weighted by molar-refractivity contribution is 5.92. The smallest absolute Gasteiger partial charge is 0.104 e. The highest BCUT2D eigenvalue weighted by Gasteiger charge is 2.22. The van der Waals surface area contributed by atoms with Crippen molar-refractivity contribution in [2.75, 3.05) is 19.8 Å². The van der Waals surface area contributed by atoms with Crippen LogP contribution in [0.5, 0.6) is 0 Å². The van der Waals surface area contributed by atoms with Gasteiger partial charge < -0.3 is 9.47 Å². The lowest BCUT2D eigenvalue weighted by Crippen LogP contribution is -2.04. The Morgan fingerprint density at radius 3 is 1.32 bits per heavy atom. The quantitative estimate of drug-likeness (QED) is 0.0781. The van der Waals surface area contributed by atoms with Crippen LogP contribution in [0.25, 0.3) is 34.4 Å². The van der Waals surface area contributed by atoms with Crippen LogP contribution in [0.3, 0.4) is 0 Å². The van der Waals surface area contributed by atoms with Crippen molar-refractivity contribution in [3.8, 4) is 11.1 Å². The lowest BCUT2D eigenvalue weighted by molar-refractivity contribution is 0.119. The van der Waals surface area contributed by atoms with Crippen molar-refractivity contribution in [3.63, 3.8) is 0 Å². The summed E-state index contributed by atoms with van der Waals surface area (Å²) in [6, 6.07) is 58.4. The number of hydrogen-bond donors (Lipinski definition) is 0. The Morgan fingerprint density at radius 2 is 0.915 bits per heavy atom. The standard InChI is InChI=1S/C45H38O2/c1-4-10-39(11-5-1)44(40-12-6-2-7-13-40)30-35-18-22-37(23-19-35)38-24-20-36(21-25-38)31-45(41-14-8-3-9-15-41)42-26-16-34(17-27-42)28-29-46-32-43-33-47-43/h1-27,30-31,43H,28-29,32-33H2/b45-31-. The fourth-order valence-corrected chi connectivity index (χ4v) is 5.82. The van der Waals surface area contributed by atoms with Gasteiger partial charge in [0.1, 0.15) is 6.10 Å². The number of hydrogen-bond acceptors (Lipinski definition) is 2. The zero-order chi connectivity index (χ0) is 31.7. The van der Waals surface area contributed by atoms with Gasteiger partial charge in [-0.25, -0.2) is 0 Å². The monoisotopic (exact) mass is 610 g/mol. The molecule has 0 bridgehead atoms. The molecule has 0 spiro atoms. The van der Waals surface area contributed by atoms with E-state index < -0.39 is 0 Å². The van der Waals surface area contributed by atoms with Crippen LogP contribution in [0.2, 0.25) is 0 Å². The zero-order valence-corrected chi connectivity index (χ0v) is 26.5. The molecule has 0 radical (unpaired) electrons. The van der Waals surface area contributed by atoms with E-state index in [-0.39, 0.29) is 0 Å². The number of benzene rings is 6. The maximum Gasteiger partial charge on any atom is 0.104 e. The van der Waals surface area contributed by atoms with Gasteiger partial charge in [-0.15, -0.1) is 0 Å². The van der Waals surface area contributed by atoms with Crippen LogP contribution in [-0.4, -0.2) is 25.9 Å². The van der Waals surface area contributed by atoms with Crippen molar-refractivity contribution in [3.05, 3.63) is 203 Å². The average Bonchev–Trinajstić information content (AvgIpc) is 3.98. The molecule has 1 aliphatic heterocycles. The van der Waals surface area contributed by atoms with Gasteiger partial charge in [-0.1, -0.05) is 164 Å². The van der Waals surface area contributed by atoms with Gasteiger partial charge in [0.05, 0.1) is 19.8 Å². The molecule has 1 atom stereocenters. The first-order valence-electron chi connectivity index (χ1n) is 16.4. The SMILES string of the molecule is C(=C(c1ccccc1)c1ccccc1)c1ccc(-c2ccc(/C=C(/c3ccccc3)c3ccc(CCOCC4CO4)cc3)cc2)cc1. The lowest BCUT2D eigenvalue weighted by Gasteiger charge is -2.11. The molecule has 0 N–H and O–H groups in total. The summed E-state index contributed by atoms with van der Waals surface area (Å²) in [5, 5.41) is 0. The van der Waals surface area contributed by atoms with E-state index >= 15 is 0 Å². The summed E-state index contributed by atoms with van der Waals surface area (Å²) in [6.45, 7) is 2.25. The fourth-order valence-electron chi connectivity index (χ4n) is 5.82. The molecule has 1 aliphatic rings. The number of ether oxygens (including phenoxy) is 2. The Hall–Kier alpha value is -5.28. The molecule has 47 heavy (non-hydrogen) atoms. The van der Waals surface area contributed by atoms with E-state index in [9.17, 15) is 0 Å². The molecule has 6 aromatic carbocycles. The van der Waals surface area contributed by atoms with Gasteiger partial charge in [0.15, 0.2) is 0 Å². The number of rotatable bonds is 12. The second-order valence-corrected chi connectivity index (χ2v) is 11.9. The molecular weight excluding hydrogens is 572 g/mol. The zero-order valence-electron chi connectivity index (χ0n) is 26.5. The first-order chi connectivity index (χ1) is 23.3. The summed E-state index contributed by atoms with van der Waals surface area (Å²) in [7, 11) is 0. The minimum Gasteiger partial charge on any atom is -0.378 e. The van der Waals surface area contributed by atoms with Crippen LogP contribution in [0.1, 0.15) is 38.9 Å². The fraction of sp³-hybridized carbons (Fsp3) is 0.111. The number of epoxide rings is 1. The summed E-state index contributed by atoms with van der Waals surface area (Å²) in [4.78, 5) is 0. The van der Waals surface area contributed by atoms with Crippen LogP contribution in [0.4, 0.5) is 0 Å². The predicted molar refractivity (Wildman–Crippen MR) is 196 cm³/mol. The Morgan fingerprint density at radius 1 is 0.511 bits per heavy atom. The van der Waals surface area contributed by atoms with E-state index in [0.29, 0.717) is 12.7 Å². The van der Waals surface area contributed by atoms with Crippen molar-refractivity contribution < 1.29 is 9.47 Å². The largest absolute Gasteiger partial charge is 0.378 e. The third kappa shape index (κ3) is 8.12. The Kier molecular flexibility index (Phi) is 9.61. The summed E-state index contributed by atoms with van der Waals surface area (Å²) in [6.07, 6.45) is 5.78. The van der Waals surface area contributed by atoms with Gasteiger partial charge in [-0.3, -0.25) is 0 Å². The normalized spacial score (nSPS) is 14.0. The second-order valence-electron chi connectivity index (χ2n) is 11.9. The van der Waals surface area contributed by atoms with E-state index in [4.69, 9.17) is 9.47 Å². The average molecular weight is 611 g/mol. The Bertz CT molecular complexity index is 1880. The molecule has 0 amide bonds. The van der Waals surface area contributed by atoms with Crippen LogP contribution in [0, 0.1) is 0 Å². The summed E-state index contributed by atoms with van der Waals surface area (Å²) < 4.78 is 11.0. The van der Waals surface area contributed by atoms with Crippen molar-refractivity contribution in [2.24, 2.45) is 0 Å². The van der Waals surface area contributed by atoms with Gasteiger partial charge in [-0.05, 0) is 79.8 Å². The van der Waals surface area contributed by atoms with E-state index in [1.165, 1.54) is 61.2 Å². The van der Waals surface area contributed by atoms with Crippen LogP contribution in [-0.2, 0) is 15.9 Å². The minimum atomic E-state index is 0.312. The molecule has 1 heterocycles. The molecule has 7 rings (SSSR count). The van der Waals surface area contributed by atoms with Crippen molar-refractivity contribution in [1.82, 2.24) is 0 Å². The van der Waals surface area contributed by atoms with E-state index in [1.54, 1.807) is 0 Å². The third-order valence-corrected chi connectivity index (χ3v) is 8.54. The molecule has 0 aliphatic carbocycles. The first kappa shape index (κ1) is 30.4. The topological polar surface area (TPSA) is 21.8 Å². The van der Waals surface area contributed by atoms with Crippen molar-refractivity contribution in [1.29, 1.82) is 0 Å². The maximum atomic E-state index is 5.74. The van der Waals surface area contributed by atoms with Crippen LogP contribution < -0.4 is 0 Å². The summed E-state index contributed by atoms with van der Waals surface area (Å²) >= 11 is 0. The maximum absolute atomic E-state index is 5.74. The summed E-state index contributed by atoms with van der Waals surface area (Å²) in [5.74, 6) is 0. The van der Waals surface area contributed by atoms with Gasteiger partial charge >= 0.3 is 0 Å². The van der Waals surface area contributed by atoms with Gasteiger partial charge in [0.25, 0.3) is 0 Å². The van der Waals surface area contributed by atoms with Crippen LogP contribution >= 0.6 is 0 Å². The molecule has 1 saturated heterocycles. The molecule has 230 valence electrons. The molecule has 6 aromatic rings. The minimum absolute atomic E-state index is 0.312. The van der Waals surface area contributed by atoms with E-state index in [0.717, 1.165) is 19.6 Å². The molecule has 2 heteroatoms. The predicted octanol–water partition coefficient (Wildman–Crippen LogP) is 10.5. The Labute approximate surface area is 278 Å². The van der Waals surface area contributed by atoms with Crippen molar-refractivity contribution >= 4 is 23.3 Å². The molecule has 2 nitrogen and oxygen atoms in total. The molecule has 1 fully saturated rings. The summed E-state index contributed by atoms with van der Waals surface area (Å²) in [5.41, 5.74) is 13.3. The van der Waals surface area contributed by atoms with Gasteiger partial charge in [0.2, 0.25) is 0 Å². The molecule has 0 aromatic heterocycles. The molecular formula is C45H38O2. The van der Waals surface area contributed by atoms with Gasteiger partial charge in [0, 0.05) is 0 Å². The second kappa shape index (κ2) is 14.9. The first-order valence-corrected chi connectivity index (χ1v) is 16.4. The lowest BCUT2D eigenvalue weighted by atomic mass is 9.94.